The highest BCUT2D eigenvalue weighted by atomic mass is 32.2. The van der Waals surface area contributed by atoms with Gasteiger partial charge in [-0.2, -0.15) is 0 Å². The van der Waals surface area contributed by atoms with Gasteiger partial charge in [-0.05, 0) is 24.7 Å². The van der Waals surface area contributed by atoms with Crippen molar-refractivity contribution in [2.45, 2.75) is 11.2 Å². The highest BCUT2D eigenvalue weighted by Gasteiger charge is 2.11. The van der Waals surface area contributed by atoms with Crippen molar-refractivity contribution in [1.82, 2.24) is 15.3 Å². The molecule has 1 aromatic heterocycles. The fraction of sp³-hybridized carbons (Fsp3) is 0.308. The lowest BCUT2D eigenvalue weighted by Crippen LogP contribution is -2.18. The fourth-order valence-electron chi connectivity index (χ4n) is 1.70. The Morgan fingerprint density at radius 1 is 1.50 bits per heavy atom. The number of hydrogen-bond acceptors (Lipinski definition) is 4. The lowest BCUT2D eigenvalue weighted by Gasteiger charge is -2.16. The topological polar surface area (TPSA) is 49.9 Å². The molecule has 0 aliphatic rings. The first kappa shape index (κ1) is 13.0. The summed E-state index contributed by atoms with van der Waals surface area (Å²) in [4.78, 5) is 7.29. The quantitative estimate of drug-likeness (QED) is 0.786. The van der Waals surface area contributed by atoms with Crippen molar-refractivity contribution in [1.29, 1.82) is 0 Å². The number of nitrogens with zero attached hydrogens (tertiary/aromatic N) is 1. The van der Waals surface area contributed by atoms with E-state index in [1.54, 1.807) is 25.1 Å². The zero-order valence-corrected chi connectivity index (χ0v) is 11.3. The molecule has 4 nitrogen and oxygen atoms in total. The molecular formula is C13H17N3OS. The largest absolute Gasteiger partial charge is 0.497 e. The molecule has 1 heterocycles. The summed E-state index contributed by atoms with van der Waals surface area (Å²) in [5.41, 5.74) is 1.22. The van der Waals surface area contributed by atoms with Crippen molar-refractivity contribution in [3.63, 3.8) is 0 Å². The Morgan fingerprint density at radius 2 is 2.39 bits per heavy atom. The van der Waals surface area contributed by atoms with Crippen molar-refractivity contribution in [2.24, 2.45) is 0 Å². The van der Waals surface area contributed by atoms with Crippen molar-refractivity contribution >= 4 is 11.8 Å². The molecule has 1 atom stereocenters. The van der Waals surface area contributed by atoms with Crippen molar-refractivity contribution < 1.29 is 4.74 Å². The highest BCUT2D eigenvalue weighted by Crippen LogP contribution is 2.24. The smallest absolute Gasteiger partial charge is 0.165 e. The summed E-state index contributed by atoms with van der Waals surface area (Å²) in [6.45, 7) is 0. The maximum atomic E-state index is 5.25. The number of imidazole rings is 1. The molecule has 1 unspecified atom stereocenters. The second-order valence-corrected chi connectivity index (χ2v) is 4.83. The zero-order valence-electron chi connectivity index (χ0n) is 10.5. The van der Waals surface area contributed by atoms with E-state index in [1.807, 2.05) is 25.4 Å². The number of rotatable bonds is 6. The van der Waals surface area contributed by atoms with E-state index in [0.29, 0.717) is 0 Å². The first-order valence-electron chi connectivity index (χ1n) is 5.77. The van der Waals surface area contributed by atoms with Crippen LogP contribution in [0.1, 0.15) is 11.6 Å². The van der Waals surface area contributed by atoms with Gasteiger partial charge >= 0.3 is 0 Å². The number of aromatic amines is 1. The first-order valence-corrected chi connectivity index (χ1v) is 6.75. The molecule has 0 radical (unpaired) electrons. The third kappa shape index (κ3) is 3.27. The zero-order chi connectivity index (χ0) is 12.8. The molecule has 0 amide bonds. The summed E-state index contributed by atoms with van der Waals surface area (Å²) in [5.74, 6) is 1.80. The van der Waals surface area contributed by atoms with Gasteiger partial charge in [-0.1, -0.05) is 23.9 Å². The molecule has 0 saturated carbocycles. The highest BCUT2D eigenvalue weighted by molar-refractivity contribution is 7.99. The molecule has 0 aliphatic carbocycles. The van der Waals surface area contributed by atoms with Crippen LogP contribution in [-0.2, 0) is 0 Å². The van der Waals surface area contributed by atoms with Crippen molar-refractivity contribution in [2.75, 3.05) is 19.9 Å². The lowest BCUT2D eigenvalue weighted by atomic mass is 10.1. The van der Waals surface area contributed by atoms with Crippen LogP contribution in [0.15, 0.2) is 41.8 Å². The molecule has 1 aromatic carbocycles. The minimum absolute atomic E-state index is 0.273. The number of ether oxygens (including phenoxy) is 1. The van der Waals surface area contributed by atoms with E-state index in [-0.39, 0.29) is 6.04 Å². The predicted octanol–water partition coefficient (Wildman–Crippen LogP) is 2.47. The first-order chi connectivity index (χ1) is 8.83. The van der Waals surface area contributed by atoms with Crippen LogP contribution in [0, 0.1) is 0 Å². The van der Waals surface area contributed by atoms with E-state index in [2.05, 4.69) is 27.4 Å². The maximum absolute atomic E-state index is 5.25. The third-order valence-electron chi connectivity index (χ3n) is 2.70. The van der Waals surface area contributed by atoms with Crippen LogP contribution in [0.4, 0.5) is 0 Å². The van der Waals surface area contributed by atoms with E-state index >= 15 is 0 Å². The van der Waals surface area contributed by atoms with E-state index in [9.17, 15) is 0 Å². The van der Waals surface area contributed by atoms with Gasteiger partial charge in [0.1, 0.15) is 5.75 Å². The van der Waals surface area contributed by atoms with E-state index in [1.165, 1.54) is 5.56 Å². The van der Waals surface area contributed by atoms with Crippen LogP contribution in [0.25, 0.3) is 0 Å². The molecule has 18 heavy (non-hydrogen) atoms. The Labute approximate surface area is 111 Å². The van der Waals surface area contributed by atoms with Gasteiger partial charge in [-0.25, -0.2) is 4.98 Å². The number of methoxy groups -OCH3 is 1. The van der Waals surface area contributed by atoms with E-state index < -0.39 is 0 Å². The summed E-state index contributed by atoms with van der Waals surface area (Å²) in [5, 5.41) is 4.26. The van der Waals surface area contributed by atoms with Gasteiger partial charge in [-0.3, -0.25) is 0 Å². The number of aromatic nitrogens is 2. The lowest BCUT2D eigenvalue weighted by molar-refractivity contribution is 0.413. The number of hydrogen-bond donors (Lipinski definition) is 2. The Hall–Kier alpha value is -1.46. The second kappa shape index (κ2) is 6.47. The third-order valence-corrected chi connectivity index (χ3v) is 3.70. The number of thioether (sulfide) groups is 1. The van der Waals surface area contributed by atoms with Gasteiger partial charge in [0.15, 0.2) is 5.16 Å². The van der Waals surface area contributed by atoms with Gasteiger partial charge in [0.25, 0.3) is 0 Å². The van der Waals surface area contributed by atoms with Crippen LogP contribution >= 0.6 is 11.8 Å². The van der Waals surface area contributed by atoms with Gasteiger partial charge in [0, 0.05) is 24.2 Å². The van der Waals surface area contributed by atoms with E-state index in [4.69, 9.17) is 4.74 Å². The molecule has 0 bridgehead atoms. The Kier molecular flexibility index (Phi) is 4.66. The maximum Gasteiger partial charge on any atom is 0.165 e. The van der Waals surface area contributed by atoms with Crippen LogP contribution < -0.4 is 10.1 Å². The summed E-state index contributed by atoms with van der Waals surface area (Å²) >= 11 is 1.70. The molecule has 0 fully saturated rings. The SMILES string of the molecule is CNC(CSc1ncc[nH]1)c1cccc(OC)c1. The molecule has 0 aliphatic heterocycles. The molecule has 2 aromatic rings. The van der Waals surface area contributed by atoms with Crippen LogP contribution in [0.5, 0.6) is 5.75 Å². The molecule has 0 spiro atoms. The number of benzene rings is 1. The van der Waals surface area contributed by atoms with Crippen LogP contribution in [-0.4, -0.2) is 29.9 Å². The van der Waals surface area contributed by atoms with Crippen LogP contribution in [0.3, 0.4) is 0 Å². The minimum atomic E-state index is 0.273. The summed E-state index contributed by atoms with van der Waals surface area (Å²) < 4.78 is 5.25. The monoisotopic (exact) mass is 263 g/mol. The molecule has 5 heteroatoms. The molecule has 0 saturated heterocycles. The Balaban J connectivity index is 2.03. The standard InChI is InChI=1S/C13H17N3OS/c1-14-12(9-18-13-15-6-7-16-13)10-4-3-5-11(8-10)17-2/h3-8,12,14H,9H2,1-2H3,(H,15,16). The van der Waals surface area contributed by atoms with Crippen molar-refractivity contribution in [3.05, 3.63) is 42.2 Å². The minimum Gasteiger partial charge on any atom is -0.497 e. The summed E-state index contributed by atoms with van der Waals surface area (Å²) in [7, 11) is 3.65. The fourth-order valence-corrected chi connectivity index (χ4v) is 2.67. The Bertz CT molecular complexity index is 473. The van der Waals surface area contributed by atoms with Crippen LogP contribution in [0.2, 0.25) is 0 Å². The van der Waals surface area contributed by atoms with Crippen molar-refractivity contribution in [3.8, 4) is 5.75 Å². The second-order valence-electron chi connectivity index (χ2n) is 3.82. The van der Waals surface area contributed by atoms with Gasteiger partial charge in [-0.15, -0.1) is 0 Å². The molecular weight excluding hydrogens is 246 g/mol. The normalized spacial score (nSPS) is 12.3. The van der Waals surface area contributed by atoms with Gasteiger partial charge < -0.3 is 15.0 Å². The van der Waals surface area contributed by atoms with Gasteiger partial charge in [0.05, 0.1) is 7.11 Å². The molecule has 96 valence electrons. The summed E-state index contributed by atoms with van der Waals surface area (Å²) in [6, 6.07) is 8.40. The molecule has 2 N–H and O–H groups in total. The molecule has 2 rings (SSSR count). The Morgan fingerprint density at radius 3 is 3.06 bits per heavy atom. The predicted molar refractivity (Wildman–Crippen MR) is 74.1 cm³/mol. The number of H-pyrrole nitrogens is 1. The average molecular weight is 263 g/mol. The summed E-state index contributed by atoms with van der Waals surface area (Å²) in [6.07, 6.45) is 3.60. The average Bonchev–Trinajstić information content (AvgIpc) is 2.93. The van der Waals surface area contributed by atoms with Gasteiger partial charge in [0.2, 0.25) is 0 Å². The number of nitrogens with one attached hydrogen (secondary N) is 2. The van der Waals surface area contributed by atoms with E-state index in [0.717, 1.165) is 16.7 Å².